The van der Waals surface area contributed by atoms with Crippen molar-refractivity contribution in [2.45, 2.75) is 0 Å². The Morgan fingerprint density at radius 3 is 1.63 bits per heavy atom. The molecule has 3 aromatic carbocycles. The topological polar surface area (TPSA) is 49.9 Å². The highest BCUT2D eigenvalue weighted by Gasteiger charge is 2.25. The lowest BCUT2D eigenvalue weighted by Gasteiger charge is -2.07. The molecule has 0 unspecified atom stereocenters. The Morgan fingerprint density at radius 1 is 0.593 bits per heavy atom. The molecular formula is C24H17NO2. The van der Waals surface area contributed by atoms with E-state index in [2.05, 4.69) is 4.98 Å². The van der Waals surface area contributed by atoms with Gasteiger partial charge in [0.15, 0.2) is 5.78 Å². The number of nitrogens with one attached hydrogen (secondary N) is 1. The Morgan fingerprint density at radius 2 is 1.07 bits per heavy atom. The summed E-state index contributed by atoms with van der Waals surface area (Å²) >= 11 is 0. The zero-order valence-corrected chi connectivity index (χ0v) is 14.6. The molecule has 1 heterocycles. The molecule has 0 amide bonds. The summed E-state index contributed by atoms with van der Waals surface area (Å²) in [6, 6.07) is 27.6. The molecule has 0 saturated heterocycles. The highest BCUT2D eigenvalue weighted by atomic mass is 16.1. The van der Waals surface area contributed by atoms with Crippen LogP contribution in [0.3, 0.4) is 0 Å². The predicted molar refractivity (Wildman–Crippen MR) is 106 cm³/mol. The van der Waals surface area contributed by atoms with Crippen LogP contribution in [0.1, 0.15) is 32.0 Å². The van der Waals surface area contributed by atoms with Crippen LogP contribution in [0.2, 0.25) is 0 Å². The maximum atomic E-state index is 13.3. The minimum atomic E-state index is -0.197. The number of aromatic nitrogens is 1. The second-order valence-electron chi connectivity index (χ2n) is 6.21. The maximum Gasteiger partial charge on any atom is 0.209 e. The van der Waals surface area contributed by atoms with Crippen LogP contribution in [-0.2, 0) is 0 Å². The quantitative estimate of drug-likeness (QED) is 0.506. The fourth-order valence-corrected chi connectivity index (χ4v) is 3.15. The van der Waals surface area contributed by atoms with Gasteiger partial charge in [-0.25, -0.2) is 0 Å². The van der Waals surface area contributed by atoms with Gasteiger partial charge in [0.1, 0.15) is 0 Å². The van der Waals surface area contributed by atoms with E-state index in [1.54, 1.807) is 30.5 Å². The van der Waals surface area contributed by atoms with Gasteiger partial charge in [0, 0.05) is 22.9 Å². The predicted octanol–water partition coefficient (Wildman–Crippen LogP) is 5.14. The zero-order valence-electron chi connectivity index (χ0n) is 14.6. The van der Waals surface area contributed by atoms with E-state index in [0.29, 0.717) is 22.4 Å². The van der Waals surface area contributed by atoms with E-state index in [4.69, 9.17) is 0 Å². The molecule has 130 valence electrons. The molecule has 0 atom stereocenters. The van der Waals surface area contributed by atoms with Crippen molar-refractivity contribution in [3.63, 3.8) is 0 Å². The van der Waals surface area contributed by atoms with Crippen molar-refractivity contribution in [2.24, 2.45) is 0 Å². The van der Waals surface area contributed by atoms with E-state index < -0.39 is 0 Å². The van der Waals surface area contributed by atoms with Crippen molar-refractivity contribution in [1.82, 2.24) is 4.98 Å². The standard InChI is InChI=1S/C24H17NO2/c26-23(18-12-6-2-7-13-18)21-20(17-10-4-1-5-11-17)16-25-22(21)24(27)19-14-8-3-9-15-19/h1-16,25H. The molecule has 1 N–H and O–H groups in total. The lowest BCUT2D eigenvalue weighted by atomic mass is 9.93. The fraction of sp³-hybridized carbons (Fsp3) is 0. The minimum Gasteiger partial charge on any atom is -0.357 e. The maximum absolute atomic E-state index is 13.3. The molecule has 0 fully saturated rings. The molecule has 3 heteroatoms. The lowest BCUT2D eigenvalue weighted by molar-refractivity contribution is 0.100. The Balaban J connectivity index is 1.89. The molecule has 1 aromatic heterocycles. The van der Waals surface area contributed by atoms with Crippen molar-refractivity contribution < 1.29 is 9.59 Å². The van der Waals surface area contributed by atoms with Gasteiger partial charge in [-0.3, -0.25) is 9.59 Å². The van der Waals surface area contributed by atoms with Gasteiger partial charge in [-0.05, 0) is 5.56 Å². The molecule has 0 aliphatic rings. The SMILES string of the molecule is O=C(c1ccccc1)c1[nH]cc(-c2ccccc2)c1C(=O)c1ccccc1. The summed E-state index contributed by atoms with van der Waals surface area (Å²) in [6.45, 7) is 0. The highest BCUT2D eigenvalue weighted by Crippen LogP contribution is 2.29. The van der Waals surface area contributed by atoms with Gasteiger partial charge in [-0.15, -0.1) is 0 Å². The highest BCUT2D eigenvalue weighted by molar-refractivity contribution is 6.21. The van der Waals surface area contributed by atoms with Crippen molar-refractivity contribution in [2.75, 3.05) is 0 Å². The van der Waals surface area contributed by atoms with Crippen LogP contribution in [-0.4, -0.2) is 16.6 Å². The largest absolute Gasteiger partial charge is 0.357 e. The van der Waals surface area contributed by atoms with Crippen molar-refractivity contribution in [3.8, 4) is 11.1 Å². The second kappa shape index (κ2) is 7.26. The lowest BCUT2D eigenvalue weighted by Crippen LogP contribution is -2.11. The zero-order chi connectivity index (χ0) is 18.6. The monoisotopic (exact) mass is 351 g/mol. The van der Waals surface area contributed by atoms with E-state index >= 15 is 0 Å². The molecule has 0 aliphatic heterocycles. The second-order valence-corrected chi connectivity index (χ2v) is 6.21. The number of benzene rings is 3. The number of H-pyrrole nitrogens is 1. The summed E-state index contributed by atoms with van der Waals surface area (Å²) < 4.78 is 0. The molecule has 0 aliphatic carbocycles. The van der Waals surface area contributed by atoms with Crippen LogP contribution >= 0.6 is 0 Å². The normalized spacial score (nSPS) is 10.5. The molecule has 4 aromatic rings. The minimum absolute atomic E-state index is 0.171. The Hall–Kier alpha value is -3.72. The number of hydrogen-bond donors (Lipinski definition) is 1. The summed E-state index contributed by atoms with van der Waals surface area (Å²) in [6.07, 6.45) is 1.74. The fourth-order valence-electron chi connectivity index (χ4n) is 3.15. The number of ketones is 2. The molecule has 0 bridgehead atoms. The Bertz CT molecular complexity index is 1080. The number of carbonyl (C=O) groups excluding carboxylic acids is 2. The third-order valence-corrected chi connectivity index (χ3v) is 4.49. The average molecular weight is 351 g/mol. The van der Waals surface area contributed by atoms with Crippen LogP contribution in [0.5, 0.6) is 0 Å². The van der Waals surface area contributed by atoms with Crippen molar-refractivity contribution in [3.05, 3.63) is 120 Å². The van der Waals surface area contributed by atoms with Crippen molar-refractivity contribution >= 4 is 11.6 Å². The third-order valence-electron chi connectivity index (χ3n) is 4.49. The first-order valence-corrected chi connectivity index (χ1v) is 8.72. The van der Waals surface area contributed by atoms with Gasteiger partial charge in [-0.1, -0.05) is 91.0 Å². The van der Waals surface area contributed by atoms with Crippen LogP contribution in [0.4, 0.5) is 0 Å². The van der Waals surface area contributed by atoms with Gasteiger partial charge in [-0.2, -0.15) is 0 Å². The first kappa shape index (κ1) is 16.7. The molecule has 3 nitrogen and oxygen atoms in total. The average Bonchev–Trinajstić information content (AvgIpc) is 3.19. The number of hydrogen-bond acceptors (Lipinski definition) is 2. The molecular weight excluding hydrogens is 334 g/mol. The number of aromatic amines is 1. The summed E-state index contributed by atoms with van der Waals surface area (Å²) in [5.41, 5.74) is 3.43. The van der Waals surface area contributed by atoms with Crippen LogP contribution < -0.4 is 0 Å². The summed E-state index contributed by atoms with van der Waals surface area (Å²) in [5, 5.41) is 0. The molecule has 0 saturated carbocycles. The van der Waals surface area contributed by atoms with Crippen LogP contribution in [0.25, 0.3) is 11.1 Å². The molecule has 0 radical (unpaired) electrons. The van der Waals surface area contributed by atoms with Gasteiger partial charge in [0.2, 0.25) is 5.78 Å². The number of carbonyl (C=O) groups is 2. The first-order chi connectivity index (χ1) is 13.3. The summed E-state index contributed by atoms with van der Waals surface area (Å²) in [7, 11) is 0. The van der Waals surface area contributed by atoms with Gasteiger partial charge in [0.25, 0.3) is 0 Å². The van der Waals surface area contributed by atoms with Gasteiger partial charge < -0.3 is 4.98 Å². The summed E-state index contributed by atoms with van der Waals surface area (Å²) in [4.78, 5) is 29.4. The smallest absolute Gasteiger partial charge is 0.209 e. The van der Waals surface area contributed by atoms with Crippen molar-refractivity contribution in [1.29, 1.82) is 0 Å². The number of rotatable bonds is 5. The molecule has 4 rings (SSSR count). The van der Waals surface area contributed by atoms with Crippen LogP contribution in [0.15, 0.2) is 97.2 Å². The Labute approximate surface area is 157 Å². The van der Waals surface area contributed by atoms with E-state index in [-0.39, 0.29) is 11.6 Å². The summed E-state index contributed by atoms with van der Waals surface area (Å²) in [5.74, 6) is -0.368. The van der Waals surface area contributed by atoms with E-state index in [9.17, 15) is 9.59 Å². The van der Waals surface area contributed by atoms with E-state index in [1.807, 2.05) is 66.7 Å². The van der Waals surface area contributed by atoms with E-state index in [0.717, 1.165) is 11.1 Å². The molecule has 27 heavy (non-hydrogen) atoms. The molecule has 0 spiro atoms. The van der Waals surface area contributed by atoms with Gasteiger partial charge in [0.05, 0.1) is 11.3 Å². The Kier molecular flexibility index (Phi) is 4.50. The third kappa shape index (κ3) is 3.23. The van der Waals surface area contributed by atoms with Crippen LogP contribution in [0, 0.1) is 0 Å². The first-order valence-electron chi connectivity index (χ1n) is 8.72. The van der Waals surface area contributed by atoms with Gasteiger partial charge >= 0.3 is 0 Å². The van der Waals surface area contributed by atoms with E-state index in [1.165, 1.54) is 0 Å².